The van der Waals surface area contributed by atoms with Gasteiger partial charge in [-0.15, -0.1) is 0 Å². The van der Waals surface area contributed by atoms with Crippen LogP contribution in [-0.4, -0.2) is 18.3 Å². The second-order valence-electron chi connectivity index (χ2n) is 7.01. The molecule has 4 nitrogen and oxygen atoms in total. The molecule has 2 aromatic carbocycles. The van der Waals surface area contributed by atoms with Crippen LogP contribution in [0, 0.1) is 9.54 Å². The van der Waals surface area contributed by atoms with Crippen molar-refractivity contribution in [1.82, 2.24) is 18.3 Å². The van der Waals surface area contributed by atoms with E-state index >= 15 is 0 Å². The highest BCUT2D eigenvalue weighted by Gasteiger charge is 2.30. The van der Waals surface area contributed by atoms with Crippen LogP contribution in [0.2, 0.25) is 0 Å². The largest absolute Gasteiger partial charge is 0.314 e. The van der Waals surface area contributed by atoms with Gasteiger partial charge in [0, 0.05) is 24.5 Å². The summed E-state index contributed by atoms with van der Waals surface area (Å²) in [6.07, 6.45) is 0. The van der Waals surface area contributed by atoms with E-state index in [1.165, 1.54) is 0 Å². The molecule has 164 valence electrons. The summed E-state index contributed by atoms with van der Waals surface area (Å²) in [7, 11) is 7.06. The first-order valence-electron chi connectivity index (χ1n) is 10.2. The summed E-state index contributed by atoms with van der Waals surface area (Å²) in [5.41, 5.74) is 4.45. The maximum atomic E-state index is 6.02. The molecule has 0 N–H and O–H groups in total. The Kier molecular flexibility index (Phi) is 6.69. The lowest BCUT2D eigenvalue weighted by Crippen LogP contribution is -2.04. The van der Waals surface area contributed by atoms with Crippen molar-refractivity contribution in [2.75, 3.05) is 0 Å². The maximum absolute atomic E-state index is 6.02. The van der Waals surface area contributed by atoms with Gasteiger partial charge in [0.15, 0.2) is 9.54 Å². The molecule has 2 aromatic heterocycles. The van der Waals surface area contributed by atoms with Gasteiger partial charge in [-0.05, 0) is 104 Å². The van der Waals surface area contributed by atoms with E-state index in [4.69, 9.17) is 24.4 Å². The van der Waals surface area contributed by atoms with E-state index in [-0.39, 0.29) is 0 Å². The second kappa shape index (κ2) is 9.52. The molecule has 1 aliphatic rings. The molecule has 0 spiro atoms. The third kappa shape index (κ3) is 3.65. The second-order valence-corrected chi connectivity index (χ2v) is 13.4. The molecule has 10 heteroatoms. The first kappa shape index (κ1) is 22.5. The summed E-state index contributed by atoms with van der Waals surface area (Å²) >= 11 is 12.0. The van der Waals surface area contributed by atoms with Crippen LogP contribution in [0.4, 0.5) is 0 Å². The standard InChI is InChI=1S/C22H20N4S6/c1-3-23-17-18-20(26(22(28)24(18)4-2)16-13-9-6-10-14-16)30-32-31-29-19(17)25(21(23)27)15-11-7-5-8-12-15/h5-14H,3-4H2,1-2H3. The van der Waals surface area contributed by atoms with Gasteiger partial charge < -0.3 is 9.13 Å². The van der Waals surface area contributed by atoms with Crippen molar-refractivity contribution in [3.05, 3.63) is 70.2 Å². The monoisotopic (exact) mass is 532 g/mol. The third-order valence-electron chi connectivity index (χ3n) is 5.33. The molecule has 0 bridgehead atoms. The molecular weight excluding hydrogens is 513 g/mol. The van der Waals surface area contributed by atoms with E-state index in [9.17, 15) is 0 Å². The zero-order valence-corrected chi connectivity index (χ0v) is 22.3. The van der Waals surface area contributed by atoms with Gasteiger partial charge in [-0.25, -0.2) is 0 Å². The summed E-state index contributed by atoms with van der Waals surface area (Å²) in [5, 5.41) is 2.29. The molecular formula is C22H20N4S6. The molecule has 32 heavy (non-hydrogen) atoms. The Labute approximate surface area is 212 Å². The maximum Gasteiger partial charge on any atom is 0.185 e. The lowest BCUT2D eigenvalue weighted by Gasteiger charge is -2.16. The first-order valence-corrected chi connectivity index (χ1v) is 15.8. The molecule has 4 aromatic rings. The highest BCUT2D eigenvalue weighted by atomic mass is 33.7. The van der Waals surface area contributed by atoms with E-state index in [1.54, 1.807) is 41.2 Å². The van der Waals surface area contributed by atoms with Gasteiger partial charge in [-0.2, -0.15) is 0 Å². The van der Waals surface area contributed by atoms with Crippen LogP contribution in [0.1, 0.15) is 13.8 Å². The SMILES string of the molecule is CCn1c2c(n(-c3ccccc3)c1=S)SSSSc1c-2n(CC)c(=S)n1-c1ccccc1. The topological polar surface area (TPSA) is 19.7 Å². The summed E-state index contributed by atoms with van der Waals surface area (Å²) < 4.78 is 10.5. The van der Waals surface area contributed by atoms with Crippen molar-refractivity contribution in [2.24, 2.45) is 0 Å². The molecule has 1 aliphatic heterocycles. The minimum absolute atomic E-state index is 0.788. The van der Waals surface area contributed by atoms with E-state index in [0.29, 0.717) is 0 Å². The fourth-order valence-corrected chi connectivity index (χ4v) is 10.8. The van der Waals surface area contributed by atoms with Gasteiger partial charge in [-0.3, -0.25) is 9.13 Å². The van der Waals surface area contributed by atoms with Crippen LogP contribution >= 0.6 is 65.7 Å². The first-order chi connectivity index (χ1) is 15.7. The van der Waals surface area contributed by atoms with Crippen LogP contribution in [0.3, 0.4) is 0 Å². The Hall–Kier alpha value is -1.30. The van der Waals surface area contributed by atoms with E-state index in [2.05, 4.69) is 80.6 Å². The molecule has 0 saturated carbocycles. The number of hydrogen-bond donors (Lipinski definition) is 0. The smallest absolute Gasteiger partial charge is 0.185 e. The van der Waals surface area contributed by atoms with Crippen LogP contribution in [0.15, 0.2) is 70.7 Å². The van der Waals surface area contributed by atoms with Crippen molar-refractivity contribution < 1.29 is 0 Å². The summed E-state index contributed by atoms with van der Waals surface area (Å²) in [6.45, 7) is 5.89. The number of benzene rings is 2. The van der Waals surface area contributed by atoms with Crippen LogP contribution in [0.5, 0.6) is 0 Å². The number of rotatable bonds is 4. The molecule has 0 radical (unpaired) electrons. The Balaban J connectivity index is 1.90. The predicted octanol–water partition coefficient (Wildman–Crippen LogP) is 8.45. The van der Waals surface area contributed by atoms with Crippen LogP contribution in [-0.2, 0) is 13.1 Å². The number of para-hydroxylation sites is 2. The van der Waals surface area contributed by atoms with Crippen molar-refractivity contribution >= 4 is 65.7 Å². The average Bonchev–Trinajstić information content (AvgIpc) is 3.24. The zero-order valence-electron chi connectivity index (χ0n) is 17.4. The lowest BCUT2D eigenvalue weighted by atomic mass is 10.3. The normalized spacial score (nSPS) is 13.3. The van der Waals surface area contributed by atoms with Crippen LogP contribution in [0.25, 0.3) is 22.8 Å². The molecule has 0 fully saturated rings. The molecule has 3 heterocycles. The number of aromatic nitrogens is 4. The number of hydrogen-bond acceptors (Lipinski definition) is 6. The highest BCUT2D eigenvalue weighted by molar-refractivity contribution is 9.26. The van der Waals surface area contributed by atoms with Gasteiger partial charge in [0.05, 0.1) is 0 Å². The highest BCUT2D eigenvalue weighted by Crippen LogP contribution is 2.57. The van der Waals surface area contributed by atoms with E-state index in [0.717, 1.165) is 55.4 Å². The van der Waals surface area contributed by atoms with Gasteiger partial charge in [0.25, 0.3) is 0 Å². The number of nitrogens with zero attached hydrogens (tertiary/aromatic N) is 4. The molecule has 0 amide bonds. The summed E-state index contributed by atoms with van der Waals surface area (Å²) in [6, 6.07) is 20.8. The van der Waals surface area contributed by atoms with Crippen molar-refractivity contribution in [1.29, 1.82) is 0 Å². The zero-order chi connectivity index (χ0) is 22.2. The minimum atomic E-state index is 0.788. The van der Waals surface area contributed by atoms with Gasteiger partial charge in [0.2, 0.25) is 0 Å². The third-order valence-corrected chi connectivity index (χ3v) is 12.1. The van der Waals surface area contributed by atoms with Crippen molar-refractivity contribution in [3.8, 4) is 22.8 Å². The Morgan fingerprint density at radius 2 is 1.00 bits per heavy atom. The van der Waals surface area contributed by atoms with E-state index in [1.807, 2.05) is 12.1 Å². The summed E-state index contributed by atoms with van der Waals surface area (Å²) in [5.74, 6) is 0. The fraction of sp³-hybridized carbons (Fsp3) is 0.182. The Morgan fingerprint density at radius 1 is 0.625 bits per heavy atom. The molecule has 0 aliphatic carbocycles. The minimum Gasteiger partial charge on any atom is -0.314 e. The summed E-state index contributed by atoms with van der Waals surface area (Å²) in [4.78, 5) is 0. The van der Waals surface area contributed by atoms with E-state index < -0.39 is 0 Å². The molecule has 0 unspecified atom stereocenters. The predicted molar refractivity (Wildman–Crippen MR) is 146 cm³/mol. The molecule has 0 atom stereocenters. The molecule has 0 saturated heterocycles. The van der Waals surface area contributed by atoms with Gasteiger partial charge >= 0.3 is 0 Å². The number of imidazole rings is 2. The number of fused-ring (bicyclic) bond motifs is 3. The fourth-order valence-electron chi connectivity index (χ4n) is 3.95. The lowest BCUT2D eigenvalue weighted by molar-refractivity contribution is 0.714. The molecule has 5 rings (SSSR count). The average molecular weight is 533 g/mol. The van der Waals surface area contributed by atoms with Gasteiger partial charge in [-0.1, -0.05) is 36.4 Å². The van der Waals surface area contributed by atoms with Gasteiger partial charge in [0.1, 0.15) is 21.4 Å². The quantitative estimate of drug-likeness (QED) is 0.193. The van der Waals surface area contributed by atoms with Crippen molar-refractivity contribution in [3.63, 3.8) is 0 Å². The van der Waals surface area contributed by atoms with Crippen molar-refractivity contribution in [2.45, 2.75) is 37.0 Å². The Bertz CT molecular complexity index is 1270. The van der Waals surface area contributed by atoms with Crippen LogP contribution < -0.4 is 0 Å². The Morgan fingerprint density at radius 3 is 1.34 bits per heavy atom.